The summed E-state index contributed by atoms with van der Waals surface area (Å²) >= 11 is 0. The van der Waals surface area contributed by atoms with Gasteiger partial charge in [0.25, 0.3) is 0 Å². The number of benzene rings is 2. The first kappa shape index (κ1) is 11.5. The number of nitrogens with zero attached hydrogens (tertiary/aromatic N) is 2. The fourth-order valence-electron chi connectivity index (χ4n) is 1.86. The van der Waals surface area contributed by atoms with Crippen molar-refractivity contribution < 1.29 is 4.39 Å². The molecule has 19 heavy (non-hydrogen) atoms. The zero-order valence-corrected chi connectivity index (χ0v) is 10.1. The zero-order chi connectivity index (χ0) is 13.1. The summed E-state index contributed by atoms with van der Waals surface area (Å²) in [5.74, 6) is 0.440. The largest absolute Gasteiger partial charge is 0.325 e. The van der Waals surface area contributed by atoms with Crippen LogP contribution in [0.1, 0.15) is 0 Å². The van der Waals surface area contributed by atoms with Gasteiger partial charge in [0.1, 0.15) is 5.82 Å². The van der Waals surface area contributed by atoms with E-state index >= 15 is 0 Å². The molecule has 94 valence electrons. The lowest BCUT2D eigenvalue weighted by atomic mass is 10.3. The van der Waals surface area contributed by atoms with Crippen LogP contribution in [0, 0.1) is 5.82 Å². The normalized spacial score (nSPS) is 10.4. The fourth-order valence-corrected chi connectivity index (χ4v) is 1.86. The SMILES string of the molecule is Fc1ccc(Nc2nccn2-c2ccccc2)cc1. The lowest BCUT2D eigenvalue weighted by molar-refractivity contribution is 0.628. The van der Waals surface area contributed by atoms with Crippen LogP contribution in [0.5, 0.6) is 0 Å². The Morgan fingerprint density at radius 1 is 0.947 bits per heavy atom. The number of anilines is 2. The van der Waals surface area contributed by atoms with Crippen molar-refractivity contribution in [1.29, 1.82) is 0 Å². The highest BCUT2D eigenvalue weighted by atomic mass is 19.1. The molecule has 0 aliphatic rings. The molecule has 4 heteroatoms. The van der Waals surface area contributed by atoms with E-state index in [4.69, 9.17) is 0 Å². The summed E-state index contributed by atoms with van der Waals surface area (Å²) in [5.41, 5.74) is 1.81. The Hall–Kier alpha value is -2.62. The molecular weight excluding hydrogens is 241 g/mol. The van der Waals surface area contributed by atoms with Crippen molar-refractivity contribution in [1.82, 2.24) is 9.55 Å². The van der Waals surface area contributed by atoms with E-state index in [0.29, 0.717) is 5.95 Å². The van der Waals surface area contributed by atoms with Crippen molar-refractivity contribution in [2.75, 3.05) is 5.32 Å². The fraction of sp³-hybridized carbons (Fsp3) is 0. The lowest BCUT2D eigenvalue weighted by Gasteiger charge is -2.09. The maximum Gasteiger partial charge on any atom is 0.212 e. The summed E-state index contributed by atoms with van der Waals surface area (Å²) in [6.45, 7) is 0. The van der Waals surface area contributed by atoms with Crippen LogP contribution in [-0.4, -0.2) is 9.55 Å². The van der Waals surface area contributed by atoms with Gasteiger partial charge < -0.3 is 5.32 Å². The summed E-state index contributed by atoms with van der Waals surface area (Å²) in [6, 6.07) is 16.1. The standard InChI is InChI=1S/C15H12FN3/c16-12-6-8-13(9-7-12)18-15-17-10-11-19(15)14-4-2-1-3-5-14/h1-11H,(H,17,18). The maximum atomic E-state index is 12.9. The van der Waals surface area contributed by atoms with Crippen LogP contribution < -0.4 is 5.32 Å². The van der Waals surface area contributed by atoms with Crippen LogP contribution in [0.15, 0.2) is 67.0 Å². The molecule has 3 aromatic rings. The Labute approximate surface area is 110 Å². The van der Waals surface area contributed by atoms with E-state index in [2.05, 4.69) is 10.3 Å². The second-order valence-corrected chi connectivity index (χ2v) is 4.09. The van der Waals surface area contributed by atoms with E-state index in [0.717, 1.165) is 11.4 Å². The van der Waals surface area contributed by atoms with Gasteiger partial charge in [0, 0.05) is 23.8 Å². The molecule has 0 saturated heterocycles. The summed E-state index contributed by atoms with van der Waals surface area (Å²) in [5, 5.41) is 3.16. The van der Waals surface area contributed by atoms with Crippen LogP contribution in [-0.2, 0) is 0 Å². The topological polar surface area (TPSA) is 29.9 Å². The van der Waals surface area contributed by atoms with Gasteiger partial charge in [-0.3, -0.25) is 4.57 Å². The third-order valence-electron chi connectivity index (χ3n) is 2.78. The first-order valence-electron chi connectivity index (χ1n) is 5.94. The van der Waals surface area contributed by atoms with Gasteiger partial charge in [-0.15, -0.1) is 0 Å². The van der Waals surface area contributed by atoms with E-state index in [1.165, 1.54) is 12.1 Å². The molecule has 0 spiro atoms. The van der Waals surface area contributed by atoms with Gasteiger partial charge in [0.05, 0.1) is 0 Å². The number of imidazole rings is 1. The van der Waals surface area contributed by atoms with Gasteiger partial charge in [0.15, 0.2) is 0 Å². The van der Waals surface area contributed by atoms with Crippen molar-refractivity contribution >= 4 is 11.6 Å². The Morgan fingerprint density at radius 3 is 2.42 bits per heavy atom. The van der Waals surface area contributed by atoms with E-state index in [-0.39, 0.29) is 5.82 Å². The van der Waals surface area contributed by atoms with E-state index < -0.39 is 0 Å². The predicted octanol–water partition coefficient (Wildman–Crippen LogP) is 3.76. The molecule has 0 atom stereocenters. The first-order valence-corrected chi connectivity index (χ1v) is 5.94. The quantitative estimate of drug-likeness (QED) is 0.770. The monoisotopic (exact) mass is 253 g/mol. The van der Waals surface area contributed by atoms with Crippen molar-refractivity contribution in [2.24, 2.45) is 0 Å². The number of para-hydroxylation sites is 1. The first-order chi connectivity index (χ1) is 9.33. The molecule has 0 bridgehead atoms. The van der Waals surface area contributed by atoms with Gasteiger partial charge >= 0.3 is 0 Å². The second-order valence-electron chi connectivity index (χ2n) is 4.09. The molecule has 0 amide bonds. The van der Waals surface area contributed by atoms with Gasteiger partial charge in [-0.05, 0) is 36.4 Å². The van der Waals surface area contributed by atoms with Crippen molar-refractivity contribution in [3.63, 3.8) is 0 Å². The van der Waals surface area contributed by atoms with Crippen molar-refractivity contribution in [3.05, 3.63) is 72.8 Å². The third kappa shape index (κ3) is 2.47. The molecule has 0 aliphatic heterocycles. The van der Waals surface area contributed by atoms with Crippen LogP contribution in [0.2, 0.25) is 0 Å². The van der Waals surface area contributed by atoms with Gasteiger partial charge in [-0.1, -0.05) is 18.2 Å². The molecule has 3 rings (SSSR count). The van der Waals surface area contributed by atoms with Crippen LogP contribution in [0.4, 0.5) is 16.0 Å². The number of hydrogen-bond acceptors (Lipinski definition) is 2. The predicted molar refractivity (Wildman–Crippen MR) is 73.2 cm³/mol. The number of nitrogens with one attached hydrogen (secondary N) is 1. The Morgan fingerprint density at radius 2 is 1.68 bits per heavy atom. The molecule has 0 radical (unpaired) electrons. The summed E-state index contributed by atoms with van der Waals surface area (Å²) in [6.07, 6.45) is 3.60. The van der Waals surface area contributed by atoms with E-state index in [1.807, 2.05) is 41.1 Å². The van der Waals surface area contributed by atoms with Crippen molar-refractivity contribution in [2.45, 2.75) is 0 Å². The Bertz CT molecular complexity index is 659. The molecule has 1 heterocycles. The molecule has 1 aromatic heterocycles. The number of rotatable bonds is 3. The minimum Gasteiger partial charge on any atom is -0.325 e. The average molecular weight is 253 g/mol. The smallest absolute Gasteiger partial charge is 0.212 e. The van der Waals surface area contributed by atoms with Crippen LogP contribution in [0.3, 0.4) is 0 Å². The molecule has 0 saturated carbocycles. The zero-order valence-electron chi connectivity index (χ0n) is 10.1. The molecule has 1 N–H and O–H groups in total. The minimum absolute atomic E-state index is 0.253. The molecule has 2 aromatic carbocycles. The second kappa shape index (κ2) is 4.94. The van der Waals surface area contributed by atoms with Gasteiger partial charge in [0.2, 0.25) is 5.95 Å². The molecule has 0 unspecified atom stereocenters. The molecular formula is C15H12FN3. The van der Waals surface area contributed by atoms with Gasteiger partial charge in [-0.25, -0.2) is 9.37 Å². The van der Waals surface area contributed by atoms with Crippen molar-refractivity contribution in [3.8, 4) is 5.69 Å². The third-order valence-corrected chi connectivity index (χ3v) is 2.78. The summed E-state index contributed by atoms with van der Waals surface area (Å²) in [4.78, 5) is 4.27. The Kier molecular flexibility index (Phi) is 2.98. The highest BCUT2D eigenvalue weighted by molar-refractivity contribution is 5.55. The number of aromatic nitrogens is 2. The van der Waals surface area contributed by atoms with Crippen LogP contribution in [0.25, 0.3) is 5.69 Å². The average Bonchev–Trinajstić information content (AvgIpc) is 2.90. The maximum absolute atomic E-state index is 12.9. The van der Waals surface area contributed by atoms with Gasteiger partial charge in [-0.2, -0.15) is 0 Å². The number of halogens is 1. The molecule has 3 nitrogen and oxygen atoms in total. The molecule has 0 fully saturated rings. The minimum atomic E-state index is -0.253. The summed E-state index contributed by atoms with van der Waals surface area (Å²) in [7, 11) is 0. The van der Waals surface area contributed by atoms with E-state index in [1.54, 1.807) is 18.3 Å². The highest BCUT2D eigenvalue weighted by Gasteiger charge is 2.04. The van der Waals surface area contributed by atoms with E-state index in [9.17, 15) is 4.39 Å². The highest BCUT2D eigenvalue weighted by Crippen LogP contribution is 2.19. The lowest BCUT2D eigenvalue weighted by Crippen LogP contribution is -2.00. The van der Waals surface area contributed by atoms with Crippen LogP contribution >= 0.6 is 0 Å². The Balaban J connectivity index is 1.91. The molecule has 0 aliphatic carbocycles. The summed E-state index contributed by atoms with van der Waals surface area (Å²) < 4.78 is 14.8. The number of hydrogen-bond donors (Lipinski definition) is 1.